The van der Waals surface area contributed by atoms with E-state index < -0.39 is 0 Å². The number of nitrogens with zero attached hydrogens (tertiary/aromatic N) is 2. The van der Waals surface area contributed by atoms with E-state index in [9.17, 15) is 0 Å². The molecule has 0 saturated carbocycles. The average Bonchev–Trinajstić information content (AvgIpc) is 2.33. The Morgan fingerprint density at radius 3 is 2.71 bits per heavy atom. The van der Waals surface area contributed by atoms with Gasteiger partial charge in [-0.05, 0) is 18.2 Å². The minimum absolute atomic E-state index is 0.276. The van der Waals surface area contributed by atoms with Crippen LogP contribution in [0.15, 0.2) is 30.6 Å². The Labute approximate surface area is 113 Å². The SMILES string of the molecule is ClCc1cncc(Oc2ccc(Cl)cc2Cl)n1. The number of aromatic nitrogens is 2. The Kier molecular flexibility index (Phi) is 4.05. The van der Waals surface area contributed by atoms with E-state index in [0.717, 1.165) is 0 Å². The molecule has 2 aromatic rings. The third kappa shape index (κ3) is 3.22. The van der Waals surface area contributed by atoms with Gasteiger partial charge in [0.2, 0.25) is 5.88 Å². The van der Waals surface area contributed by atoms with E-state index in [1.807, 2.05) is 0 Å². The second kappa shape index (κ2) is 5.54. The molecule has 0 aliphatic rings. The molecule has 0 amide bonds. The first-order valence-corrected chi connectivity index (χ1v) is 5.98. The van der Waals surface area contributed by atoms with Gasteiger partial charge in [0.25, 0.3) is 0 Å². The van der Waals surface area contributed by atoms with Gasteiger partial charge in [-0.3, -0.25) is 4.98 Å². The Morgan fingerprint density at radius 1 is 1.18 bits per heavy atom. The first kappa shape index (κ1) is 12.4. The summed E-state index contributed by atoms with van der Waals surface area (Å²) in [6.07, 6.45) is 3.06. The fourth-order valence-corrected chi connectivity index (χ4v) is 1.75. The lowest BCUT2D eigenvalue weighted by Gasteiger charge is -2.06. The Morgan fingerprint density at radius 2 is 2.00 bits per heavy atom. The Balaban J connectivity index is 2.25. The molecule has 1 aromatic heterocycles. The quantitative estimate of drug-likeness (QED) is 0.790. The van der Waals surface area contributed by atoms with Crippen LogP contribution in [0.1, 0.15) is 5.69 Å². The van der Waals surface area contributed by atoms with Gasteiger partial charge in [-0.15, -0.1) is 11.6 Å². The van der Waals surface area contributed by atoms with Crippen molar-refractivity contribution in [2.24, 2.45) is 0 Å². The van der Waals surface area contributed by atoms with Gasteiger partial charge in [0.05, 0.1) is 22.8 Å². The van der Waals surface area contributed by atoms with Crippen molar-refractivity contribution in [2.45, 2.75) is 5.88 Å². The predicted octanol–water partition coefficient (Wildman–Crippen LogP) is 4.31. The molecule has 0 aliphatic heterocycles. The molecule has 3 nitrogen and oxygen atoms in total. The highest BCUT2D eigenvalue weighted by atomic mass is 35.5. The fraction of sp³-hybridized carbons (Fsp3) is 0.0909. The molecule has 6 heteroatoms. The van der Waals surface area contributed by atoms with Gasteiger partial charge in [-0.1, -0.05) is 23.2 Å². The van der Waals surface area contributed by atoms with Gasteiger partial charge in [-0.2, -0.15) is 0 Å². The molecule has 2 rings (SSSR count). The van der Waals surface area contributed by atoms with Gasteiger partial charge in [-0.25, -0.2) is 4.98 Å². The zero-order valence-corrected chi connectivity index (χ0v) is 10.8. The highest BCUT2D eigenvalue weighted by Crippen LogP contribution is 2.30. The topological polar surface area (TPSA) is 35.0 Å². The summed E-state index contributed by atoms with van der Waals surface area (Å²) in [6, 6.07) is 4.94. The van der Waals surface area contributed by atoms with Crippen LogP contribution in [0.25, 0.3) is 0 Å². The molecule has 0 saturated heterocycles. The average molecular weight is 290 g/mol. The van der Waals surface area contributed by atoms with E-state index in [1.54, 1.807) is 24.4 Å². The highest BCUT2D eigenvalue weighted by Gasteiger charge is 2.05. The summed E-state index contributed by atoms with van der Waals surface area (Å²) in [6.45, 7) is 0. The van der Waals surface area contributed by atoms with Crippen LogP contribution < -0.4 is 4.74 Å². The van der Waals surface area contributed by atoms with Gasteiger partial charge in [0.1, 0.15) is 5.75 Å². The van der Waals surface area contributed by atoms with Crippen LogP contribution in [0.2, 0.25) is 10.0 Å². The van der Waals surface area contributed by atoms with Crippen LogP contribution in [-0.2, 0) is 5.88 Å². The minimum atomic E-state index is 0.276. The van der Waals surface area contributed by atoms with Gasteiger partial charge >= 0.3 is 0 Å². The van der Waals surface area contributed by atoms with E-state index in [1.165, 1.54) is 6.20 Å². The zero-order valence-electron chi connectivity index (χ0n) is 8.53. The third-order valence-electron chi connectivity index (χ3n) is 1.91. The number of rotatable bonds is 3. The summed E-state index contributed by atoms with van der Waals surface area (Å²) >= 11 is 17.4. The molecule has 0 spiro atoms. The maximum absolute atomic E-state index is 5.97. The molecule has 1 aromatic carbocycles. The summed E-state index contributed by atoms with van der Waals surface area (Å²) in [4.78, 5) is 8.10. The summed E-state index contributed by atoms with van der Waals surface area (Å²) < 4.78 is 5.48. The maximum Gasteiger partial charge on any atom is 0.238 e. The van der Waals surface area contributed by atoms with Crippen molar-refractivity contribution in [3.63, 3.8) is 0 Å². The molecule has 0 N–H and O–H groups in total. The maximum atomic E-state index is 5.97. The van der Waals surface area contributed by atoms with Crippen molar-refractivity contribution in [2.75, 3.05) is 0 Å². The lowest BCUT2D eigenvalue weighted by atomic mass is 10.3. The molecule has 0 radical (unpaired) electrons. The second-order valence-corrected chi connectivity index (χ2v) is 4.27. The first-order valence-electron chi connectivity index (χ1n) is 4.69. The Hall–Kier alpha value is -1.03. The highest BCUT2D eigenvalue weighted by molar-refractivity contribution is 6.35. The molecule has 88 valence electrons. The van der Waals surface area contributed by atoms with Crippen molar-refractivity contribution in [1.29, 1.82) is 0 Å². The molecule has 0 unspecified atom stereocenters. The minimum Gasteiger partial charge on any atom is -0.436 e. The summed E-state index contributed by atoms with van der Waals surface area (Å²) in [5.41, 5.74) is 0.634. The van der Waals surface area contributed by atoms with Crippen molar-refractivity contribution in [1.82, 2.24) is 9.97 Å². The monoisotopic (exact) mass is 288 g/mol. The number of ether oxygens (including phenoxy) is 1. The van der Waals surface area contributed by atoms with E-state index >= 15 is 0 Å². The van der Waals surface area contributed by atoms with Crippen molar-refractivity contribution < 1.29 is 4.74 Å². The van der Waals surface area contributed by atoms with Crippen LogP contribution in [0.4, 0.5) is 0 Å². The van der Waals surface area contributed by atoms with E-state index in [4.69, 9.17) is 39.5 Å². The lowest BCUT2D eigenvalue weighted by Crippen LogP contribution is -1.93. The smallest absolute Gasteiger partial charge is 0.238 e. The third-order valence-corrected chi connectivity index (χ3v) is 2.71. The predicted molar refractivity (Wildman–Crippen MR) is 68.1 cm³/mol. The number of alkyl halides is 1. The Bertz CT molecular complexity index is 534. The standard InChI is InChI=1S/C11H7Cl3N2O/c12-4-8-5-15-6-11(16-8)17-10-2-1-7(13)3-9(10)14/h1-3,5-6H,4H2. The van der Waals surface area contributed by atoms with Crippen molar-refractivity contribution >= 4 is 34.8 Å². The summed E-state index contributed by atoms with van der Waals surface area (Å²) in [5.74, 6) is 1.09. The molecule has 1 heterocycles. The lowest BCUT2D eigenvalue weighted by molar-refractivity contribution is 0.458. The summed E-state index contributed by atoms with van der Waals surface area (Å²) in [5, 5.41) is 0.957. The number of halogens is 3. The summed E-state index contributed by atoms with van der Waals surface area (Å²) in [7, 11) is 0. The first-order chi connectivity index (χ1) is 8.19. The normalized spacial score (nSPS) is 10.3. The number of hydrogen-bond donors (Lipinski definition) is 0. The van der Waals surface area contributed by atoms with E-state index in [2.05, 4.69) is 9.97 Å². The van der Waals surface area contributed by atoms with Crippen LogP contribution in [0.5, 0.6) is 11.6 Å². The van der Waals surface area contributed by atoms with Crippen molar-refractivity contribution in [3.8, 4) is 11.6 Å². The molecule has 0 fully saturated rings. The van der Waals surface area contributed by atoms with Gasteiger partial charge < -0.3 is 4.74 Å². The van der Waals surface area contributed by atoms with Gasteiger partial charge in [0.15, 0.2) is 0 Å². The van der Waals surface area contributed by atoms with Crippen LogP contribution in [0.3, 0.4) is 0 Å². The molecular formula is C11H7Cl3N2O. The molecule has 0 bridgehead atoms. The molecule has 0 atom stereocenters. The van der Waals surface area contributed by atoms with E-state index in [-0.39, 0.29) is 5.88 Å². The van der Waals surface area contributed by atoms with Crippen LogP contribution in [0, 0.1) is 0 Å². The van der Waals surface area contributed by atoms with Gasteiger partial charge in [0, 0.05) is 11.2 Å². The number of hydrogen-bond acceptors (Lipinski definition) is 3. The fourth-order valence-electron chi connectivity index (χ4n) is 1.17. The van der Waals surface area contributed by atoms with Crippen molar-refractivity contribution in [3.05, 3.63) is 46.3 Å². The second-order valence-electron chi connectivity index (χ2n) is 3.16. The molecule has 0 aliphatic carbocycles. The van der Waals surface area contributed by atoms with E-state index in [0.29, 0.717) is 27.4 Å². The largest absolute Gasteiger partial charge is 0.436 e. The van der Waals surface area contributed by atoms with Crippen LogP contribution >= 0.6 is 34.8 Å². The molecular weight excluding hydrogens is 282 g/mol. The van der Waals surface area contributed by atoms with Crippen LogP contribution in [-0.4, -0.2) is 9.97 Å². The zero-order chi connectivity index (χ0) is 12.3. The molecule has 17 heavy (non-hydrogen) atoms. The number of benzene rings is 1.